The molecule has 3 aromatic rings. The Kier molecular flexibility index (Phi) is 5.72. The van der Waals surface area contributed by atoms with Crippen molar-refractivity contribution < 1.29 is 22.7 Å². The number of alkyl halides is 3. The van der Waals surface area contributed by atoms with E-state index in [1.54, 1.807) is 35.7 Å². The first-order valence-electron chi connectivity index (χ1n) is 7.77. The van der Waals surface area contributed by atoms with Gasteiger partial charge in [-0.3, -0.25) is 4.79 Å². The molecule has 0 atom stereocenters. The fourth-order valence-corrected chi connectivity index (χ4v) is 3.23. The molecule has 0 aliphatic heterocycles. The molecule has 140 valence electrons. The van der Waals surface area contributed by atoms with Gasteiger partial charge in [-0.15, -0.1) is 11.3 Å². The molecule has 1 heterocycles. The molecule has 1 N–H and O–H groups in total. The van der Waals surface area contributed by atoms with Crippen LogP contribution in [0.15, 0.2) is 60.0 Å². The van der Waals surface area contributed by atoms with E-state index >= 15 is 0 Å². The maximum Gasteiger partial charge on any atom is 0.416 e. The number of para-hydroxylation sites is 1. The van der Waals surface area contributed by atoms with E-state index in [1.165, 1.54) is 23.5 Å². The summed E-state index contributed by atoms with van der Waals surface area (Å²) in [6.45, 7) is -0.0903. The topological polar surface area (TPSA) is 38.3 Å². The van der Waals surface area contributed by atoms with Gasteiger partial charge in [-0.25, -0.2) is 0 Å². The molecule has 1 amide bonds. The number of hydrogen-bond donors (Lipinski definition) is 1. The predicted molar refractivity (Wildman–Crippen MR) is 99.5 cm³/mol. The molecule has 0 aliphatic rings. The first-order valence-corrected chi connectivity index (χ1v) is 9.02. The first kappa shape index (κ1) is 19.3. The highest BCUT2D eigenvalue weighted by Gasteiger charge is 2.30. The van der Waals surface area contributed by atoms with Crippen molar-refractivity contribution in [3.8, 4) is 5.75 Å². The standard InChI is InChI=1S/C19H13ClF3NO2S/c20-14-6-1-2-7-15(14)24-18(25)17-16(8-9-27-17)26-11-12-4-3-5-13(10-12)19(21,22)23/h1-10H,11H2,(H,24,25). The predicted octanol–water partition coefficient (Wildman–Crippen LogP) is 6.25. The van der Waals surface area contributed by atoms with E-state index in [2.05, 4.69) is 5.32 Å². The average molecular weight is 412 g/mol. The van der Waals surface area contributed by atoms with Gasteiger partial charge in [0, 0.05) is 0 Å². The summed E-state index contributed by atoms with van der Waals surface area (Å²) < 4.78 is 43.9. The van der Waals surface area contributed by atoms with Crippen molar-refractivity contribution in [1.82, 2.24) is 0 Å². The van der Waals surface area contributed by atoms with Gasteiger partial charge in [-0.1, -0.05) is 35.9 Å². The SMILES string of the molecule is O=C(Nc1ccccc1Cl)c1sccc1OCc1cccc(C(F)(F)F)c1. The molecule has 3 nitrogen and oxygen atoms in total. The maximum absolute atomic E-state index is 12.8. The number of carbonyl (C=O) groups excluding carboxylic acids is 1. The van der Waals surface area contributed by atoms with Crippen LogP contribution in [-0.2, 0) is 12.8 Å². The Bertz CT molecular complexity index is 956. The van der Waals surface area contributed by atoms with Crippen molar-refractivity contribution in [3.05, 3.63) is 81.0 Å². The first-order chi connectivity index (χ1) is 12.8. The fourth-order valence-electron chi connectivity index (χ4n) is 2.32. The fraction of sp³-hybridized carbons (Fsp3) is 0.105. The van der Waals surface area contributed by atoms with E-state index in [0.29, 0.717) is 26.9 Å². The van der Waals surface area contributed by atoms with E-state index in [0.717, 1.165) is 12.1 Å². The van der Waals surface area contributed by atoms with Crippen molar-refractivity contribution in [2.24, 2.45) is 0 Å². The molecular weight excluding hydrogens is 399 g/mol. The van der Waals surface area contributed by atoms with Crippen LogP contribution in [0.4, 0.5) is 18.9 Å². The summed E-state index contributed by atoms with van der Waals surface area (Å²) in [6.07, 6.45) is -4.42. The molecule has 0 unspecified atom stereocenters. The summed E-state index contributed by atoms with van der Waals surface area (Å²) in [5, 5.41) is 4.76. The summed E-state index contributed by atoms with van der Waals surface area (Å²) >= 11 is 7.19. The van der Waals surface area contributed by atoms with Crippen molar-refractivity contribution >= 4 is 34.5 Å². The second-order valence-electron chi connectivity index (χ2n) is 5.53. The largest absolute Gasteiger partial charge is 0.487 e. The number of ether oxygens (including phenoxy) is 1. The summed E-state index contributed by atoms with van der Waals surface area (Å²) in [5.41, 5.74) is 0.0699. The number of hydrogen-bond acceptors (Lipinski definition) is 3. The smallest absolute Gasteiger partial charge is 0.416 e. The molecule has 0 bridgehead atoms. The van der Waals surface area contributed by atoms with Gasteiger partial charge < -0.3 is 10.1 Å². The molecular formula is C19H13ClF3NO2S. The Morgan fingerprint density at radius 3 is 2.63 bits per heavy atom. The lowest BCUT2D eigenvalue weighted by Gasteiger charge is -2.11. The van der Waals surface area contributed by atoms with Crippen LogP contribution in [0, 0.1) is 0 Å². The minimum Gasteiger partial charge on any atom is -0.487 e. The monoisotopic (exact) mass is 411 g/mol. The molecule has 0 saturated carbocycles. The van der Waals surface area contributed by atoms with E-state index in [9.17, 15) is 18.0 Å². The van der Waals surface area contributed by atoms with Crippen LogP contribution in [0.2, 0.25) is 5.02 Å². The van der Waals surface area contributed by atoms with Gasteiger partial charge in [0.2, 0.25) is 0 Å². The van der Waals surface area contributed by atoms with Gasteiger partial charge in [-0.05, 0) is 41.3 Å². The third-order valence-electron chi connectivity index (χ3n) is 3.61. The van der Waals surface area contributed by atoms with Crippen LogP contribution >= 0.6 is 22.9 Å². The Balaban J connectivity index is 1.71. The Labute approximate surface area is 162 Å². The number of benzene rings is 2. The quantitative estimate of drug-likeness (QED) is 0.538. The second-order valence-corrected chi connectivity index (χ2v) is 6.86. The third kappa shape index (κ3) is 4.81. The summed E-state index contributed by atoms with van der Waals surface area (Å²) in [6, 6.07) is 13.3. The number of anilines is 1. The van der Waals surface area contributed by atoms with Gasteiger partial charge in [0.1, 0.15) is 17.2 Å². The van der Waals surface area contributed by atoms with E-state index in [1.807, 2.05) is 0 Å². The van der Waals surface area contributed by atoms with Gasteiger partial charge in [-0.2, -0.15) is 13.2 Å². The molecule has 27 heavy (non-hydrogen) atoms. The zero-order valence-corrected chi connectivity index (χ0v) is 15.3. The van der Waals surface area contributed by atoms with Crippen LogP contribution in [-0.4, -0.2) is 5.91 Å². The lowest BCUT2D eigenvalue weighted by molar-refractivity contribution is -0.137. The number of thiophene rings is 1. The van der Waals surface area contributed by atoms with Crippen molar-refractivity contribution in [2.75, 3.05) is 5.32 Å². The Morgan fingerprint density at radius 2 is 1.89 bits per heavy atom. The normalized spacial score (nSPS) is 11.3. The molecule has 0 spiro atoms. The highest BCUT2D eigenvalue weighted by molar-refractivity contribution is 7.12. The Hall–Kier alpha value is -2.51. The van der Waals surface area contributed by atoms with Crippen LogP contribution in [0.5, 0.6) is 5.75 Å². The summed E-state index contributed by atoms with van der Waals surface area (Å²) in [5.74, 6) is -0.112. The molecule has 8 heteroatoms. The lowest BCUT2D eigenvalue weighted by Crippen LogP contribution is -2.12. The molecule has 0 saturated heterocycles. The minimum atomic E-state index is -4.42. The summed E-state index contributed by atoms with van der Waals surface area (Å²) in [4.78, 5) is 12.8. The number of halogens is 4. The molecule has 0 fully saturated rings. The molecule has 3 rings (SSSR count). The Morgan fingerprint density at radius 1 is 1.11 bits per heavy atom. The zero-order valence-electron chi connectivity index (χ0n) is 13.7. The van der Waals surface area contributed by atoms with Gasteiger partial charge in [0.05, 0.1) is 16.3 Å². The number of amides is 1. The van der Waals surface area contributed by atoms with Crippen LogP contribution in [0.25, 0.3) is 0 Å². The zero-order chi connectivity index (χ0) is 19.4. The molecule has 1 aromatic heterocycles. The molecule has 0 aliphatic carbocycles. The van der Waals surface area contributed by atoms with Gasteiger partial charge in [0.15, 0.2) is 0 Å². The van der Waals surface area contributed by atoms with Crippen molar-refractivity contribution in [3.63, 3.8) is 0 Å². The number of rotatable bonds is 5. The number of nitrogens with one attached hydrogen (secondary N) is 1. The van der Waals surface area contributed by atoms with Crippen LogP contribution in [0.1, 0.15) is 20.8 Å². The van der Waals surface area contributed by atoms with E-state index < -0.39 is 17.6 Å². The van der Waals surface area contributed by atoms with Crippen LogP contribution < -0.4 is 10.1 Å². The molecule has 0 radical (unpaired) electrons. The second kappa shape index (κ2) is 8.02. The van der Waals surface area contributed by atoms with Crippen molar-refractivity contribution in [2.45, 2.75) is 12.8 Å². The third-order valence-corrected chi connectivity index (χ3v) is 4.83. The maximum atomic E-state index is 12.8. The average Bonchev–Trinajstić information content (AvgIpc) is 3.10. The molecule has 2 aromatic carbocycles. The van der Waals surface area contributed by atoms with E-state index in [4.69, 9.17) is 16.3 Å². The van der Waals surface area contributed by atoms with Crippen molar-refractivity contribution in [1.29, 1.82) is 0 Å². The van der Waals surface area contributed by atoms with Crippen LogP contribution in [0.3, 0.4) is 0 Å². The lowest BCUT2D eigenvalue weighted by atomic mass is 10.1. The van der Waals surface area contributed by atoms with Gasteiger partial charge in [0.25, 0.3) is 5.91 Å². The van der Waals surface area contributed by atoms with E-state index in [-0.39, 0.29) is 6.61 Å². The minimum absolute atomic E-state index is 0.0903. The highest BCUT2D eigenvalue weighted by Crippen LogP contribution is 2.31. The van der Waals surface area contributed by atoms with Gasteiger partial charge >= 0.3 is 6.18 Å². The summed E-state index contributed by atoms with van der Waals surface area (Å²) in [7, 11) is 0. The highest BCUT2D eigenvalue weighted by atomic mass is 35.5. The number of carbonyl (C=O) groups is 1.